The SMILES string of the molecule is CCc1ccc(C(=O)Cc2ccco2)o1. The molecule has 2 aromatic rings. The second-order valence-corrected chi connectivity index (χ2v) is 3.30. The normalized spacial score (nSPS) is 10.5. The number of ketones is 1. The van der Waals surface area contributed by atoms with E-state index in [2.05, 4.69) is 0 Å². The van der Waals surface area contributed by atoms with Gasteiger partial charge in [0.25, 0.3) is 0 Å². The Morgan fingerprint density at radius 3 is 2.73 bits per heavy atom. The van der Waals surface area contributed by atoms with Gasteiger partial charge in [-0.2, -0.15) is 0 Å². The fourth-order valence-electron chi connectivity index (χ4n) is 1.38. The molecule has 0 amide bonds. The molecular formula is C12H12O3. The Morgan fingerprint density at radius 2 is 2.13 bits per heavy atom. The molecule has 0 aliphatic rings. The van der Waals surface area contributed by atoms with Crippen molar-refractivity contribution in [3.63, 3.8) is 0 Å². The second-order valence-electron chi connectivity index (χ2n) is 3.30. The Hall–Kier alpha value is -1.77. The van der Waals surface area contributed by atoms with E-state index in [4.69, 9.17) is 8.83 Å². The smallest absolute Gasteiger partial charge is 0.205 e. The van der Waals surface area contributed by atoms with Gasteiger partial charge in [-0.1, -0.05) is 6.92 Å². The summed E-state index contributed by atoms with van der Waals surface area (Å²) < 4.78 is 10.4. The third kappa shape index (κ3) is 2.18. The number of carbonyl (C=O) groups excluding carboxylic acids is 1. The summed E-state index contributed by atoms with van der Waals surface area (Å²) in [4.78, 5) is 11.7. The molecular weight excluding hydrogens is 192 g/mol. The zero-order valence-electron chi connectivity index (χ0n) is 8.53. The van der Waals surface area contributed by atoms with Crippen LogP contribution < -0.4 is 0 Å². The summed E-state index contributed by atoms with van der Waals surface area (Å²) in [5.74, 6) is 1.85. The minimum Gasteiger partial charge on any atom is -0.469 e. The van der Waals surface area contributed by atoms with Crippen LogP contribution in [0.4, 0.5) is 0 Å². The van der Waals surface area contributed by atoms with Gasteiger partial charge in [0.1, 0.15) is 11.5 Å². The Balaban J connectivity index is 2.08. The third-order valence-electron chi connectivity index (χ3n) is 2.20. The van der Waals surface area contributed by atoms with Gasteiger partial charge in [-0.25, -0.2) is 0 Å². The molecule has 2 aromatic heterocycles. The Kier molecular flexibility index (Phi) is 2.72. The molecule has 0 fully saturated rings. The second kappa shape index (κ2) is 4.17. The van der Waals surface area contributed by atoms with Crippen molar-refractivity contribution in [1.82, 2.24) is 0 Å². The summed E-state index contributed by atoms with van der Waals surface area (Å²) in [7, 11) is 0. The van der Waals surface area contributed by atoms with Crippen molar-refractivity contribution in [2.75, 3.05) is 0 Å². The maximum Gasteiger partial charge on any atom is 0.205 e. The van der Waals surface area contributed by atoms with Crippen LogP contribution in [0.1, 0.15) is 29.0 Å². The average Bonchev–Trinajstić information content (AvgIpc) is 2.86. The fourth-order valence-corrected chi connectivity index (χ4v) is 1.38. The topological polar surface area (TPSA) is 43.4 Å². The van der Waals surface area contributed by atoms with Crippen molar-refractivity contribution in [3.8, 4) is 0 Å². The first-order valence-corrected chi connectivity index (χ1v) is 4.94. The van der Waals surface area contributed by atoms with Crippen molar-refractivity contribution < 1.29 is 13.6 Å². The molecule has 0 aromatic carbocycles. The predicted molar refractivity (Wildman–Crippen MR) is 54.8 cm³/mol. The third-order valence-corrected chi connectivity index (χ3v) is 2.20. The van der Waals surface area contributed by atoms with Crippen molar-refractivity contribution in [2.24, 2.45) is 0 Å². The van der Waals surface area contributed by atoms with Crippen LogP contribution in [0.2, 0.25) is 0 Å². The highest BCUT2D eigenvalue weighted by Crippen LogP contribution is 2.12. The molecule has 2 heterocycles. The highest BCUT2D eigenvalue weighted by Gasteiger charge is 2.12. The Labute approximate surface area is 87.7 Å². The summed E-state index contributed by atoms with van der Waals surface area (Å²) in [6, 6.07) is 7.09. The molecule has 0 spiro atoms. The van der Waals surface area contributed by atoms with Gasteiger partial charge in [0.05, 0.1) is 12.7 Å². The van der Waals surface area contributed by atoms with Crippen LogP contribution >= 0.6 is 0 Å². The van der Waals surface area contributed by atoms with Crippen LogP contribution in [0, 0.1) is 0 Å². The van der Waals surface area contributed by atoms with Crippen LogP contribution in [-0.4, -0.2) is 5.78 Å². The molecule has 0 bridgehead atoms. The van der Waals surface area contributed by atoms with E-state index in [-0.39, 0.29) is 12.2 Å². The fraction of sp³-hybridized carbons (Fsp3) is 0.250. The molecule has 3 nitrogen and oxygen atoms in total. The molecule has 2 rings (SSSR count). The van der Waals surface area contributed by atoms with Gasteiger partial charge in [-0.3, -0.25) is 4.79 Å². The van der Waals surface area contributed by atoms with E-state index < -0.39 is 0 Å². The van der Waals surface area contributed by atoms with Crippen LogP contribution in [0.3, 0.4) is 0 Å². The van der Waals surface area contributed by atoms with E-state index >= 15 is 0 Å². The lowest BCUT2D eigenvalue weighted by atomic mass is 10.2. The maximum atomic E-state index is 11.7. The van der Waals surface area contributed by atoms with E-state index in [0.29, 0.717) is 11.5 Å². The number of rotatable bonds is 4. The number of hydrogen-bond acceptors (Lipinski definition) is 3. The lowest BCUT2D eigenvalue weighted by molar-refractivity contribution is 0.0958. The molecule has 0 saturated carbocycles. The molecule has 0 aliphatic heterocycles. The largest absolute Gasteiger partial charge is 0.469 e. The van der Waals surface area contributed by atoms with E-state index in [0.717, 1.165) is 12.2 Å². The summed E-state index contributed by atoms with van der Waals surface area (Å²) in [5, 5.41) is 0. The molecule has 0 N–H and O–H groups in total. The zero-order chi connectivity index (χ0) is 10.7. The van der Waals surface area contributed by atoms with Gasteiger partial charge in [-0.15, -0.1) is 0 Å². The maximum absolute atomic E-state index is 11.7. The van der Waals surface area contributed by atoms with Crippen molar-refractivity contribution >= 4 is 5.78 Å². The summed E-state index contributed by atoms with van der Waals surface area (Å²) in [6.07, 6.45) is 2.61. The first kappa shape index (κ1) is 9.77. The highest BCUT2D eigenvalue weighted by molar-refractivity contribution is 5.94. The van der Waals surface area contributed by atoms with Crippen LogP contribution in [0.15, 0.2) is 39.4 Å². The molecule has 15 heavy (non-hydrogen) atoms. The average molecular weight is 204 g/mol. The van der Waals surface area contributed by atoms with Crippen LogP contribution in [0.25, 0.3) is 0 Å². The van der Waals surface area contributed by atoms with Crippen LogP contribution in [-0.2, 0) is 12.8 Å². The van der Waals surface area contributed by atoms with Crippen LogP contribution in [0.5, 0.6) is 0 Å². The molecule has 0 radical (unpaired) electrons. The molecule has 3 heteroatoms. The molecule has 0 unspecified atom stereocenters. The monoisotopic (exact) mass is 204 g/mol. The van der Waals surface area contributed by atoms with E-state index in [1.54, 1.807) is 24.5 Å². The van der Waals surface area contributed by atoms with Gasteiger partial charge in [-0.05, 0) is 24.3 Å². The predicted octanol–water partition coefficient (Wildman–Crippen LogP) is 2.86. The van der Waals surface area contributed by atoms with Gasteiger partial charge in [0.2, 0.25) is 5.78 Å². The van der Waals surface area contributed by atoms with Crippen molar-refractivity contribution in [3.05, 3.63) is 47.8 Å². The first-order valence-electron chi connectivity index (χ1n) is 4.94. The lowest BCUT2D eigenvalue weighted by Crippen LogP contribution is -2.00. The molecule has 0 atom stereocenters. The van der Waals surface area contributed by atoms with E-state index in [1.165, 1.54) is 0 Å². The van der Waals surface area contributed by atoms with E-state index in [1.807, 2.05) is 13.0 Å². The summed E-state index contributed by atoms with van der Waals surface area (Å²) >= 11 is 0. The minimum absolute atomic E-state index is 0.0512. The zero-order valence-corrected chi connectivity index (χ0v) is 8.53. The van der Waals surface area contributed by atoms with Gasteiger partial charge >= 0.3 is 0 Å². The van der Waals surface area contributed by atoms with E-state index in [9.17, 15) is 4.79 Å². The number of aryl methyl sites for hydroxylation is 1. The molecule has 0 saturated heterocycles. The summed E-state index contributed by atoms with van der Waals surface area (Å²) in [6.45, 7) is 1.99. The summed E-state index contributed by atoms with van der Waals surface area (Å²) in [5.41, 5.74) is 0. The Morgan fingerprint density at radius 1 is 1.27 bits per heavy atom. The van der Waals surface area contributed by atoms with Gasteiger partial charge < -0.3 is 8.83 Å². The standard InChI is InChI=1S/C12H12O3/c1-2-9-5-6-12(15-9)11(13)8-10-4-3-7-14-10/h3-7H,2,8H2,1H3. The first-order chi connectivity index (χ1) is 7.29. The molecule has 78 valence electrons. The molecule has 0 aliphatic carbocycles. The number of carbonyl (C=O) groups is 1. The van der Waals surface area contributed by atoms with Crippen molar-refractivity contribution in [2.45, 2.75) is 19.8 Å². The van der Waals surface area contributed by atoms with Gasteiger partial charge in [0, 0.05) is 6.42 Å². The highest BCUT2D eigenvalue weighted by atomic mass is 16.4. The quantitative estimate of drug-likeness (QED) is 0.719. The Bertz CT molecular complexity index is 437. The number of Topliss-reactive ketones (excluding diaryl/α,β-unsaturated/α-hetero) is 1. The number of furan rings is 2. The lowest BCUT2D eigenvalue weighted by Gasteiger charge is -1.94. The van der Waals surface area contributed by atoms with Gasteiger partial charge in [0.15, 0.2) is 5.76 Å². The minimum atomic E-state index is -0.0512. The number of hydrogen-bond donors (Lipinski definition) is 0. The van der Waals surface area contributed by atoms with Crippen molar-refractivity contribution in [1.29, 1.82) is 0 Å².